The first-order valence-corrected chi connectivity index (χ1v) is 6.76. The first kappa shape index (κ1) is 13.2. The molecule has 6 heteroatoms. The van der Waals surface area contributed by atoms with Gasteiger partial charge in [-0.25, -0.2) is 0 Å². The number of hydrogen-bond acceptors (Lipinski definition) is 6. The van der Waals surface area contributed by atoms with Crippen molar-refractivity contribution in [1.29, 1.82) is 0 Å². The van der Waals surface area contributed by atoms with E-state index in [2.05, 4.69) is 10.1 Å². The van der Waals surface area contributed by atoms with Gasteiger partial charge in [-0.2, -0.15) is 16.3 Å². The molecular formula is C12H17N3O2S. The lowest BCUT2D eigenvalue weighted by atomic mass is 10.2. The van der Waals surface area contributed by atoms with E-state index >= 15 is 0 Å². The highest BCUT2D eigenvalue weighted by Gasteiger charge is 2.17. The molecule has 0 fully saturated rings. The number of aromatic nitrogens is 2. The summed E-state index contributed by atoms with van der Waals surface area (Å²) in [7, 11) is 0. The maximum absolute atomic E-state index is 5.94. The van der Waals surface area contributed by atoms with Crippen molar-refractivity contribution in [2.24, 2.45) is 5.73 Å². The van der Waals surface area contributed by atoms with Crippen LogP contribution in [-0.4, -0.2) is 22.9 Å². The van der Waals surface area contributed by atoms with Gasteiger partial charge in [-0.1, -0.05) is 5.16 Å². The average molecular weight is 267 g/mol. The molecule has 1 atom stereocenters. The van der Waals surface area contributed by atoms with Crippen molar-refractivity contribution in [3.8, 4) is 11.5 Å². The second-order valence-corrected chi connectivity index (χ2v) is 5.16. The van der Waals surface area contributed by atoms with Crippen LogP contribution in [0.3, 0.4) is 0 Å². The monoisotopic (exact) mass is 267 g/mol. The van der Waals surface area contributed by atoms with Crippen LogP contribution in [0, 0.1) is 6.92 Å². The molecule has 0 amide bonds. The SMILES string of the molecule is Cc1cscc1-c1nc(C(N)COC(C)C)no1. The predicted octanol–water partition coefficient (Wildman–Crippen LogP) is 2.53. The number of nitrogens with two attached hydrogens (primary N) is 1. The highest BCUT2D eigenvalue weighted by Crippen LogP contribution is 2.25. The van der Waals surface area contributed by atoms with Gasteiger partial charge in [-0.3, -0.25) is 0 Å². The van der Waals surface area contributed by atoms with E-state index in [4.69, 9.17) is 15.0 Å². The molecule has 0 aliphatic carbocycles. The van der Waals surface area contributed by atoms with Crippen LogP contribution < -0.4 is 5.73 Å². The molecule has 2 aromatic heterocycles. The minimum Gasteiger partial charge on any atom is -0.377 e. The van der Waals surface area contributed by atoms with Crippen LogP contribution in [0.15, 0.2) is 15.3 Å². The van der Waals surface area contributed by atoms with Crippen LogP contribution in [0.1, 0.15) is 31.3 Å². The molecule has 0 aromatic carbocycles. The molecule has 0 bridgehead atoms. The number of ether oxygens (including phenoxy) is 1. The van der Waals surface area contributed by atoms with Gasteiger partial charge in [0, 0.05) is 5.38 Å². The molecule has 18 heavy (non-hydrogen) atoms. The van der Waals surface area contributed by atoms with Crippen LogP contribution in [0.5, 0.6) is 0 Å². The Kier molecular flexibility index (Phi) is 4.11. The van der Waals surface area contributed by atoms with Gasteiger partial charge in [0.1, 0.15) is 0 Å². The Balaban J connectivity index is 2.08. The summed E-state index contributed by atoms with van der Waals surface area (Å²) < 4.78 is 10.7. The minimum absolute atomic E-state index is 0.140. The average Bonchev–Trinajstić information content (AvgIpc) is 2.93. The maximum Gasteiger partial charge on any atom is 0.259 e. The number of rotatable bonds is 5. The highest BCUT2D eigenvalue weighted by atomic mass is 32.1. The summed E-state index contributed by atoms with van der Waals surface area (Å²) >= 11 is 1.61. The fourth-order valence-corrected chi connectivity index (χ4v) is 2.27. The van der Waals surface area contributed by atoms with E-state index in [1.165, 1.54) is 0 Å². The third-order valence-electron chi connectivity index (χ3n) is 2.47. The van der Waals surface area contributed by atoms with Crippen molar-refractivity contribution in [3.05, 3.63) is 22.1 Å². The fourth-order valence-electron chi connectivity index (χ4n) is 1.45. The van der Waals surface area contributed by atoms with E-state index in [-0.39, 0.29) is 12.1 Å². The second-order valence-electron chi connectivity index (χ2n) is 4.41. The van der Waals surface area contributed by atoms with Crippen molar-refractivity contribution in [2.45, 2.75) is 32.9 Å². The van der Waals surface area contributed by atoms with Gasteiger partial charge in [-0.15, -0.1) is 0 Å². The molecule has 0 saturated heterocycles. The van der Waals surface area contributed by atoms with E-state index in [1.54, 1.807) is 11.3 Å². The van der Waals surface area contributed by atoms with Gasteiger partial charge < -0.3 is 15.0 Å². The van der Waals surface area contributed by atoms with Crippen molar-refractivity contribution < 1.29 is 9.26 Å². The Morgan fingerprint density at radius 1 is 1.44 bits per heavy atom. The van der Waals surface area contributed by atoms with E-state index in [9.17, 15) is 0 Å². The van der Waals surface area contributed by atoms with Crippen LogP contribution >= 0.6 is 11.3 Å². The lowest BCUT2D eigenvalue weighted by molar-refractivity contribution is 0.0665. The van der Waals surface area contributed by atoms with Crippen LogP contribution in [-0.2, 0) is 4.74 Å². The third kappa shape index (κ3) is 2.95. The molecule has 0 aliphatic rings. The topological polar surface area (TPSA) is 74.2 Å². The van der Waals surface area contributed by atoms with Gasteiger partial charge in [0.15, 0.2) is 5.82 Å². The van der Waals surface area contributed by atoms with Crippen molar-refractivity contribution >= 4 is 11.3 Å². The van der Waals surface area contributed by atoms with Crippen molar-refractivity contribution in [2.75, 3.05) is 6.61 Å². The lowest BCUT2D eigenvalue weighted by Crippen LogP contribution is -2.20. The normalized spacial score (nSPS) is 13.2. The molecule has 1 unspecified atom stereocenters. The van der Waals surface area contributed by atoms with Crippen molar-refractivity contribution in [1.82, 2.24) is 10.1 Å². The number of hydrogen-bond donors (Lipinski definition) is 1. The molecule has 0 radical (unpaired) electrons. The summed E-state index contributed by atoms with van der Waals surface area (Å²) in [6, 6.07) is -0.358. The Hall–Kier alpha value is -1.24. The fraction of sp³-hybridized carbons (Fsp3) is 0.500. The third-order valence-corrected chi connectivity index (χ3v) is 3.33. The zero-order chi connectivity index (χ0) is 13.1. The summed E-state index contributed by atoms with van der Waals surface area (Å²) in [4.78, 5) is 4.32. The van der Waals surface area contributed by atoms with Crippen LogP contribution in [0.25, 0.3) is 11.5 Å². The van der Waals surface area contributed by atoms with E-state index < -0.39 is 0 Å². The maximum atomic E-state index is 5.94. The van der Waals surface area contributed by atoms with Gasteiger partial charge >= 0.3 is 0 Å². The van der Waals surface area contributed by atoms with E-state index in [0.717, 1.165) is 11.1 Å². The molecule has 5 nitrogen and oxygen atoms in total. The molecular weight excluding hydrogens is 250 g/mol. The number of nitrogens with zero attached hydrogens (tertiary/aromatic N) is 2. The molecule has 0 aliphatic heterocycles. The Labute approximate surface area is 110 Å². The highest BCUT2D eigenvalue weighted by molar-refractivity contribution is 7.08. The van der Waals surface area contributed by atoms with Crippen molar-refractivity contribution in [3.63, 3.8) is 0 Å². The molecule has 98 valence electrons. The van der Waals surface area contributed by atoms with Gasteiger partial charge in [0.05, 0.1) is 24.3 Å². The largest absolute Gasteiger partial charge is 0.377 e. The zero-order valence-corrected chi connectivity index (χ0v) is 11.5. The first-order chi connectivity index (χ1) is 8.58. The summed E-state index contributed by atoms with van der Waals surface area (Å²) in [5, 5.41) is 7.94. The summed E-state index contributed by atoms with van der Waals surface area (Å²) in [6.45, 7) is 6.32. The minimum atomic E-state index is -0.358. The summed E-state index contributed by atoms with van der Waals surface area (Å²) in [5.74, 6) is 1.000. The van der Waals surface area contributed by atoms with E-state index in [0.29, 0.717) is 18.3 Å². The predicted molar refractivity (Wildman–Crippen MR) is 70.4 cm³/mol. The Morgan fingerprint density at radius 3 is 2.83 bits per heavy atom. The van der Waals surface area contributed by atoms with Crippen LogP contribution in [0.4, 0.5) is 0 Å². The Bertz CT molecular complexity index is 507. The molecule has 2 aromatic rings. The summed E-state index contributed by atoms with van der Waals surface area (Å²) in [5.41, 5.74) is 8.04. The van der Waals surface area contributed by atoms with Gasteiger partial charge in [-0.05, 0) is 31.7 Å². The quantitative estimate of drug-likeness (QED) is 0.901. The standard InChI is InChI=1S/C12H17N3O2S/c1-7(2)16-4-10(13)11-14-12(17-15-11)9-6-18-5-8(9)3/h5-7,10H,4,13H2,1-3H3. The van der Waals surface area contributed by atoms with Gasteiger partial charge in [0.2, 0.25) is 0 Å². The first-order valence-electron chi connectivity index (χ1n) is 5.82. The zero-order valence-electron chi connectivity index (χ0n) is 10.7. The summed E-state index contributed by atoms with van der Waals surface area (Å²) in [6.07, 6.45) is 0.140. The molecule has 0 spiro atoms. The lowest BCUT2D eigenvalue weighted by Gasteiger charge is -2.10. The second kappa shape index (κ2) is 5.60. The molecule has 2 heterocycles. The van der Waals surface area contributed by atoms with Gasteiger partial charge in [0.25, 0.3) is 5.89 Å². The molecule has 2 N–H and O–H groups in total. The Morgan fingerprint density at radius 2 is 2.22 bits per heavy atom. The molecule has 0 saturated carbocycles. The number of thiophene rings is 1. The number of aryl methyl sites for hydroxylation is 1. The smallest absolute Gasteiger partial charge is 0.259 e. The van der Waals surface area contributed by atoms with E-state index in [1.807, 2.05) is 31.5 Å². The molecule has 2 rings (SSSR count). The van der Waals surface area contributed by atoms with Crippen LogP contribution in [0.2, 0.25) is 0 Å².